The Morgan fingerprint density at radius 2 is 1.96 bits per heavy atom. The first-order chi connectivity index (χ1) is 11.6. The largest absolute Gasteiger partial charge is 0.330 e. The van der Waals surface area contributed by atoms with E-state index in [1.54, 1.807) is 36.5 Å². The van der Waals surface area contributed by atoms with Crippen molar-refractivity contribution in [2.75, 3.05) is 0 Å². The van der Waals surface area contributed by atoms with Crippen molar-refractivity contribution in [2.24, 2.45) is 0 Å². The van der Waals surface area contributed by atoms with Gasteiger partial charge < -0.3 is 10.6 Å². The molecule has 1 unspecified atom stereocenters. The van der Waals surface area contributed by atoms with Crippen molar-refractivity contribution < 1.29 is 13.6 Å². The first kappa shape index (κ1) is 16.4. The van der Waals surface area contributed by atoms with Gasteiger partial charge in [0.15, 0.2) is 0 Å². The molecule has 1 aliphatic carbocycles. The number of halogens is 2. The maximum atomic E-state index is 13.3. The number of aromatic nitrogens is 1. The topological polar surface area (TPSA) is 54.0 Å². The van der Waals surface area contributed by atoms with Crippen LogP contribution in [0.4, 0.5) is 13.6 Å². The van der Waals surface area contributed by atoms with E-state index < -0.39 is 18.5 Å². The molecule has 2 atom stereocenters. The summed E-state index contributed by atoms with van der Waals surface area (Å²) < 4.78 is 26.6. The van der Waals surface area contributed by atoms with Crippen LogP contribution in [0.15, 0.2) is 48.7 Å². The van der Waals surface area contributed by atoms with Crippen molar-refractivity contribution >= 4 is 6.03 Å². The molecule has 1 aromatic heterocycles. The van der Waals surface area contributed by atoms with E-state index in [4.69, 9.17) is 0 Å². The minimum Gasteiger partial charge on any atom is -0.330 e. The first-order valence-electron chi connectivity index (χ1n) is 7.99. The summed E-state index contributed by atoms with van der Waals surface area (Å²) in [6.45, 7) is 0. The Morgan fingerprint density at radius 3 is 2.71 bits per heavy atom. The maximum absolute atomic E-state index is 13.3. The lowest BCUT2D eigenvalue weighted by Crippen LogP contribution is -2.43. The average molecular weight is 331 g/mol. The lowest BCUT2D eigenvalue weighted by Gasteiger charge is -2.26. The highest BCUT2D eigenvalue weighted by Gasteiger charge is 2.27. The number of rotatable bonds is 4. The van der Waals surface area contributed by atoms with Gasteiger partial charge in [-0.3, -0.25) is 4.98 Å². The molecule has 1 aliphatic rings. The number of urea groups is 1. The Labute approximate surface area is 139 Å². The molecule has 24 heavy (non-hydrogen) atoms. The van der Waals surface area contributed by atoms with Crippen molar-refractivity contribution in [2.45, 2.75) is 37.8 Å². The average Bonchev–Trinajstić information content (AvgIpc) is 2.60. The lowest BCUT2D eigenvalue weighted by molar-refractivity contribution is 0.101. The summed E-state index contributed by atoms with van der Waals surface area (Å²) in [5.74, 6) is 0. The number of hydrogen-bond acceptors (Lipinski definition) is 2. The van der Waals surface area contributed by atoms with Crippen LogP contribution in [0.1, 0.15) is 41.7 Å². The van der Waals surface area contributed by atoms with Crippen molar-refractivity contribution in [3.8, 4) is 0 Å². The number of pyridine rings is 1. The molecule has 126 valence electrons. The third-order valence-corrected chi connectivity index (χ3v) is 4.20. The van der Waals surface area contributed by atoms with Gasteiger partial charge in [-0.1, -0.05) is 36.4 Å². The van der Waals surface area contributed by atoms with Crippen LogP contribution in [-0.2, 0) is 6.42 Å². The molecule has 0 bridgehead atoms. The number of nitrogens with one attached hydrogen (secondary N) is 2. The third-order valence-electron chi connectivity index (χ3n) is 4.20. The van der Waals surface area contributed by atoms with Crippen LogP contribution in [0.3, 0.4) is 0 Å². The monoisotopic (exact) mass is 331 g/mol. The molecule has 2 N–H and O–H groups in total. The number of aryl methyl sites for hydroxylation is 1. The fourth-order valence-electron chi connectivity index (χ4n) is 3.04. The van der Waals surface area contributed by atoms with Crippen LogP contribution in [0.5, 0.6) is 0 Å². The quantitative estimate of drug-likeness (QED) is 0.896. The summed E-state index contributed by atoms with van der Waals surface area (Å²) in [4.78, 5) is 16.6. The van der Waals surface area contributed by atoms with E-state index in [1.807, 2.05) is 12.1 Å². The Kier molecular flexibility index (Phi) is 5.03. The summed E-state index contributed by atoms with van der Waals surface area (Å²) in [6.07, 6.45) is 1.60. The molecule has 0 saturated heterocycles. The van der Waals surface area contributed by atoms with E-state index in [0.717, 1.165) is 30.5 Å². The number of alkyl halides is 2. The van der Waals surface area contributed by atoms with E-state index in [0.29, 0.717) is 5.56 Å². The van der Waals surface area contributed by atoms with Crippen molar-refractivity contribution in [1.82, 2.24) is 15.6 Å². The third kappa shape index (κ3) is 3.69. The Hall–Kier alpha value is -2.50. The highest BCUT2D eigenvalue weighted by Crippen LogP contribution is 2.28. The van der Waals surface area contributed by atoms with E-state index >= 15 is 0 Å². The molecule has 4 nitrogen and oxygen atoms in total. The lowest BCUT2D eigenvalue weighted by atomic mass is 9.92. The molecule has 3 rings (SSSR count). The van der Waals surface area contributed by atoms with Crippen molar-refractivity contribution in [3.05, 3.63) is 65.5 Å². The minimum atomic E-state index is -2.69. The van der Waals surface area contributed by atoms with Gasteiger partial charge in [0.25, 0.3) is 6.43 Å². The molecule has 0 spiro atoms. The van der Waals surface area contributed by atoms with Gasteiger partial charge in [-0.15, -0.1) is 0 Å². The normalized spacial score (nSPS) is 17.9. The zero-order valence-corrected chi connectivity index (χ0v) is 13.1. The molecule has 1 aromatic carbocycles. The van der Waals surface area contributed by atoms with Gasteiger partial charge in [-0.05, 0) is 36.5 Å². The number of fused-ring (bicyclic) bond motifs is 1. The molecule has 1 heterocycles. The summed E-state index contributed by atoms with van der Waals surface area (Å²) in [5.41, 5.74) is 2.31. The van der Waals surface area contributed by atoms with Gasteiger partial charge in [0.05, 0.1) is 11.7 Å². The van der Waals surface area contributed by atoms with Crippen LogP contribution in [0.25, 0.3) is 0 Å². The second kappa shape index (κ2) is 7.38. The summed E-state index contributed by atoms with van der Waals surface area (Å²) in [6, 6.07) is 9.91. The molecule has 6 heteroatoms. The number of nitrogens with zero attached hydrogens (tertiary/aromatic N) is 1. The molecule has 0 fully saturated rings. The predicted molar refractivity (Wildman–Crippen MR) is 86.8 cm³/mol. The summed E-state index contributed by atoms with van der Waals surface area (Å²) in [5, 5.41) is 5.17. The number of hydrogen-bond donors (Lipinski definition) is 2. The maximum Gasteiger partial charge on any atom is 0.316 e. The zero-order valence-electron chi connectivity index (χ0n) is 13.1. The molecule has 0 saturated carbocycles. The first-order valence-corrected chi connectivity index (χ1v) is 7.99. The number of amides is 2. The highest BCUT2D eigenvalue weighted by molar-refractivity contribution is 5.75. The SMILES string of the molecule is O=C(NC(c1ccccc1)C(F)F)N[C@@H]1CCCc2cccnc21. The van der Waals surface area contributed by atoms with E-state index in [2.05, 4.69) is 15.6 Å². The number of benzene rings is 1. The molecule has 2 amide bonds. The second-order valence-electron chi connectivity index (χ2n) is 5.83. The summed E-state index contributed by atoms with van der Waals surface area (Å²) in [7, 11) is 0. The van der Waals surface area contributed by atoms with E-state index in [1.165, 1.54) is 0 Å². The van der Waals surface area contributed by atoms with Gasteiger partial charge in [-0.2, -0.15) is 0 Å². The van der Waals surface area contributed by atoms with Crippen LogP contribution in [0.2, 0.25) is 0 Å². The molecule has 0 aliphatic heterocycles. The van der Waals surface area contributed by atoms with Crippen LogP contribution in [0, 0.1) is 0 Å². The fourth-order valence-corrected chi connectivity index (χ4v) is 3.04. The minimum absolute atomic E-state index is 0.246. The zero-order chi connectivity index (χ0) is 16.9. The Balaban J connectivity index is 1.69. The molecular formula is C18H19F2N3O. The smallest absolute Gasteiger partial charge is 0.316 e. The number of carbonyl (C=O) groups excluding carboxylic acids is 1. The Bertz CT molecular complexity index is 694. The molecule has 2 aromatic rings. The number of carbonyl (C=O) groups is 1. The van der Waals surface area contributed by atoms with Gasteiger partial charge >= 0.3 is 6.03 Å². The van der Waals surface area contributed by atoms with Gasteiger partial charge in [0, 0.05) is 6.20 Å². The fraction of sp³-hybridized carbons (Fsp3) is 0.333. The van der Waals surface area contributed by atoms with Gasteiger partial charge in [0.2, 0.25) is 0 Å². The van der Waals surface area contributed by atoms with Crippen LogP contribution < -0.4 is 10.6 Å². The molecule has 0 radical (unpaired) electrons. The van der Waals surface area contributed by atoms with Crippen LogP contribution >= 0.6 is 0 Å². The Morgan fingerprint density at radius 1 is 1.17 bits per heavy atom. The molecular weight excluding hydrogens is 312 g/mol. The standard InChI is InChI=1S/C18H19F2N3O/c19-17(20)16(13-6-2-1-3-7-13)23-18(24)22-14-10-4-8-12-9-5-11-21-15(12)14/h1-3,5-7,9,11,14,16-17H,4,8,10H2,(H2,22,23,24)/t14-,16?/m1/s1. The summed E-state index contributed by atoms with van der Waals surface area (Å²) >= 11 is 0. The van der Waals surface area contributed by atoms with Crippen molar-refractivity contribution in [3.63, 3.8) is 0 Å². The predicted octanol–water partition coefficient (Wildman–Crippen LogP) is 3.76. The second-order valence-corrected chi connectivity index (χ2v) is 5.83. The van der Waals surface area contributed by atoms with Gasteiger partial charge in [-0.25, -0.2) is 13.6 Å². The van der Waals surface area contributed by atoms with Gasteiger partial charge in [0.1, 0.15) is 6.04 Å². The van der Waals surface area contributed by atoms with Crippen molar-refractivity contribution in [1.29, 1.82) is 0 Å². The highest BCUT2D eigenvalue weighted by atomic mass is 19.3. The van der Waals surface area contributed by atoms with E-state index in [9.17, 15) is 13.6 Å². The van der Waals surface area contributed by atoms with Crippen LogP contribution in [-0.4, -0.2) is 17.4 Å². The van der Waals surface area contributed by atoms with E-state index in [-0.39, 0.29) is 6.04 Å².